The molecule has 0 bridgehead atoms. The van der Waals surface area contributed by atoms with E-state index in [0.717, 1.165) is 27.6 Å². The Labute approximate surface area is 119 Å². The number of anilines is 1. The lowest BCUT2D eigenvalue weighted by atomic mass is 10.2. The van der Waals surface area contributed by atoms with E-state index in [4.69, 9.17) is 5.73 Å². The third-order valence-corrected chi connectivity index (χ3v) is 3.56. The predicted octanol–water partition coefficient (Wildman–Crippen LogP) is 2.45. The molecule has 0 saturated carbocycles. The highest BCUT2D eigenvalue weighted by Gasteiger charge is 2.12. The summed E-state index contributed by atoms with van der Waals surface area (Å²) in [6.45, 7) is 0. The van der Waals surface area contributed by atoms with Crippen molar-refractivity contribution in [3.05, 3.63) is 65.2 Å². The number of fused-ring (bicyclic) bond motifs is 2. The van der Waals surface area contributed by atoms with Gasteiger partial charge in [-0.3, -0.25) is 9.55 Å². The number of hydrogen-bond acceptors (Lipinski definition) is 3. The highest BCUT2D eigenvalue weighted by Crippen LogP contribution is 2.23. The van der Waals surface area contributed by atoms with Crippen LogP contribution in [0.1, 0.15) is 0 Å². The number of para-hydroxylation sites is 1. The van der Waals surface area contributed by atoms with Crippen molar-refractivity contribution in [3.8, 4) is 5.69 Å². The number of aromatic amines is 1. The Kier molecular flexibility index (Phi) is 2.35. The van der Waals surface area contributed by atoms with Crippen LogP contribution in [0, 0.1) is 0 Å². The summed E-state index contributed by atoms with van der Waals surface area (Å²) in [6, 6.07) is 15.0. The van der Waals surface area contributed by atoms with Crippen molar-refractivity contribution < 1.29 is 0 Å². The van der Waals surface area contributed by atoms with Gasteiger partial charge in [-0.15, -0.1) is 0 Å². The summed E-state index contributed by atoms with van der Waals surface area (Å²) in [4.78, 5) is 19.6. The molecule has 0 saturated heterocycles. The summed E-state index contributed by atoms with van der Waals surface area (Å²) in [5, 5.41) is 0.986. The van der Waals surface area contributed by atoms with Crippen LogP contribution in [-0.2, 0) is 0 Å². The molecule has 0 fully saturated rings. The molecule has 4 aromatic rings. The fraction of sp³-hybridized carbons (Fsp3) is 0. The monoisotopic (exact) mass is 276 g/mol. The summed E-state index contributed by atoms with van der Waals surface area (Å²) in [5.41, 5.74) is 9.29. The maximum Gasteiger partial charge on any atom is 0.331 e. The number of hydrogen-bond donors (Lipinski definition) is 2. The smallest absolute Gasteiger partial charge is 0.331 e. The molecule has 102 valence electrons. The Bertz CT molecular complexity index is 1020. The third-order valence-electron chi connectivity index (χ3n) is 3.56. The Morgan fingerprint density at radius 3 is 2.86 bits per heavy atom. The van der Waals surface area contributed by atoms with Gasteiger partial charge in [0.25, 0.3) is 0 Å². The van der Waals surface area contributed by atoms with Crippen LogP contribution in [0.25, 0.3) is 27.6 Å². The highest BCUT2D eigenvalue weighted by atomic mass is 16.1. The molecule has 4 rings (SSSR count). The fourth-order valence-corrected chi connectivity index (χ4v) is 2.63. The van der Waals surface area contributed by atoms with Crippen molar-refractivity contribution in [1.82, 2.24) is 14.5 Å². The van der Waals surface area contributed by atoms with Crippen LogP contribution in [0.4, 0.5) is 5.69 Å². The molecule has 0 spiro atoms. The largest absolute Gasteiger partial charge is 0.399 e. The molecule has 2 aromatic carbocycles. The summed E-state index contributed by atoms with van der Waals surface area (Å²) >= 11 is 0. The minimum absolute atomic E-state index is 0.200. The van der Waals surface area contributed by atoms with E-state index >= 15 is 0 Å². The summed E-state index contributed by atoms with van der Waals surface area (Å²) in [6.07, 6.45) is 1.72. The second-order valence-electron chi connectivity index (χ2n) is 4.89. The number of H-pyrrole nitrogens is 1. The van der Waals surface area contributed by atoms with E-state index in [2.05, 4.69) is 9.97 Å². The Morgan fingerprint density at radius 1 is 1.10 bits per heavy atom. The first-order valence-electron chi connectivity index (χ1n) is 6.58. The lowest BCUT2D eigenvalue weighted by Gasteiger charge is -2.07. The molecule has 0 aliphatic heterocycles. The number of benzene rings is 2. The molecule has 0 aliphatic carbocycles. The van der Waals surface area contributed by atoms with Crippen molar-refractivity contribution in [2.75, 3.05) is 5.73 Å². The van der Waals surface area contributed by atoms with Gasteiger partial charge in [0.2, 0.25) is 0 Å². The van der Waals surface area contributed by atoms with Gasteiger partial charge < -0.3 is 10.7 Å². The number of nitrogen functional groups attached to an aromatic ring is 1. The minimum Gasteiger partial charge on any atom is -0.399 e. The fourth-order valence-electron chi connectivity index (χ4n) is 2.63. The van der Waals surface area contributed by atoms with Gasteiger partial charge in [-0.1, -0.05) is 18.2 Å². The van der Waals surface area contributed by atoms with Gasteiger partial charge in [-0.25, -0.2) is 4.79 Å². The standard InChI is InChI=1S/C16H12N4O/c17-11-6-7-12-14(9-11)20(16(21)19-12)13-5-1-3-10-4-2-8-18-15(10)13/h1-9H,17H2,(H,19,21). The molecular formula is C16H12N4O. The molecule has 3 N–H and O–H groups in total. The molecule has 0 unspecified atom stereocenters. The second-order valence-corrected chi connectivity index (χ2v) is 4.89. The van der Waals surface area contributed by atoms with E-state index < -0.39 is 0 Å². The van der Waals surface area contributed by atoms with Crippen LogP contribution in [0.15, 0.2) is 59.5 Å². The second kappa shape index (κ2) is 4.21. The van der Waals surface area contributed by atoms with Gasteiger partial charge in [-0.05, 0) is 30.3 Å². The van der Waals surface area contributed by atoms with Gasteiger partial charge in [0.1, 0.15) is 0 Å². The van der Waals surface area contributed by atoms with E-state index in [-0.39, 0.29) is 5.69 Å². The predicted molar refractivity (Wildman–Crippen MR) is 83.6 cm³/mol. The van der Waals surface area contributed by atoms with Crippen molar-refractivity contribution in [1.29, 1.82) is 0 Å². The molecule has 2 aromatic heterocycles. The van der Waals surface area contributed by atoms with E-state index in [1.54, 1.807) is 29.0 Å². The first kappa shape index (κ1) is 11.7. The van der Waals surface area contributed by atoms with E-state index in [0.29, 0.717) is 5.69 Å². The lowest BCUT2D eigenvalue weighted by molar-refractivity contribution is 1.02. The molecule has 0 atom stereocenters. The molecular weight excluding hydrogens is 264 g/mol. The van der Waals surface area contributed by atoms with Crippen molar-refractivity contribution in [2.45, 2.75) is 0 Å². The molecule has 5 heteroatoms. The number of nitrogens with zero attached hydrogens (tertiary/aromatic N) is 2. The Morgan fingerprint density at radius 2 is 1.95 bits per heavy atom. The molecule has 0 amide bonds. The number of imidazole rings is 1. The van der Waals surface area contributed by atoms with Crippen molar-refractivity contribution in [3.63, 3.8) is 0 Å². The zero-order valence-corrected chi connectivity index (χ0v) is 11.1. The average molecular weight is 276 g/mol. The number of nitrogens with one attached hydrogen (secondary N) is 1. The number of pyridine rings is 1. The number of rotatable bonds is 1. The topological polar surface area (TPSA) is 76.7 Å². The quantitative estimate of drug-likeness (QED) is 0.524. The summed E-state index contributed by atoms with van der Waals surface area (Å²) in [5.74, 6) is 0. The van der Waals surface area contributed by atoms with Gasteiger partial charge in [-0.2, -0.15) is 0 Å². The van der Waals surface area contributed by atoms with Gasteiger partial charge >= 0.3 is 5.69 Å². The normalized spacial score (nSPS) is 11.2. The zero-order valence-electron chi connectivity index (χ0n) is 11.1. The maximum atomic E-state index is 12.3. The van der Waals surface area contributed by atoms with Gasteiger partial charge in [0, 0.05) is 17.3 Å². The van der Waals surface area contributed by atoms with Crippen LogP contribution in [0.2, 0.25) is 0 Å². The Hall–Kier alpha value is -3.08. The zero-order chi connectivity index (χ0) is 14.4. The van der Waals surface area contributed by atoms with E-state index in [1.165, 1.54) is 0 Å². The minimum atomic E-state index is -0.200. The summed E-state index contributed by atoms with van der Waals surface area (Å²) < 4.78 is 1.61. The molecule has 21 heavy (non-hydrogen) atoms. The maximum absolute atomic E-state index is 12.3. The SMILES string of the molecule is Nc1ccc2[nH]c(=O)n(-c3cccc4cccnc34)c2c1. The molecule has 0 radical (unpaired) electrons. The van der Waals surface area contributed by atoms with Crippen LogP contribution < -0.4 is 11.4 Å². The highest BCUT2D eigenvalue weighted by molar-refractivity contribution is 5.89. The van der Waals surface area contributed by atoms with Crippen LogP contribution in [-0.4, -0.2) is 14.5 Å². The van der Waals surface area contributed by atoms with Crippen molar-refractivity contribution >= 4 is 27.6 Å². The number of nitrogens with two attached hydrogens (primary N) is 1. The molecule has 2 heterocycles. The van der Waals surface area contributed by atoms with E-state index in [9.17, 15) is 4.79 Å². The van der Waals surface area contributed by atoms with Crippen LogP contribution >= 0.6 is 0 Å². The Balaban J connectivity index is 2.16. The van der Waals surface area contributed by atoms with Crippen molar-refractivity contribution in [2.24, 2.45) is 0 Å². The van der Waals surface area contributed by atoms with Gasteiger partial charge in [0.15, 0.2) is 0 Å². The molecule has 0 aliphatic rings. The van der Waals surface area contributed by atoms with Crippen LogP contribution in [0.5, 0.6) is 0 Å². The first-order chi connectivity index (χ1) is 10.2. The third kappa shape index (κ3) is 1.71. The first-order valence-corrected chi connectivity index (χ1v) is 6.58. The van der Waals surface area contributed by atoms with Crippen LogP contribution in [0.3, 0.4) is 0 Å². The lowest BCUT2D eigenvalue weighted by Crippen LogP contribution is -2.15. The van der Waals surface area contributed by atoms with E-state index in [1.807, 2.05) is 30.3 Å². The molecule has 5 nitrogen and oxygen atoms in total. The number of aromatic nitrogens is 3. The summed E-state index contributed by atoms with van der Waals surface area (Å²) in [7, 11) is 0. The van der Waals surface area contributed by atoms with Gasteiger partial charge in [0.05, 0.1) is 22.2 Å². The average Bonchev–Trinajstić information content (AvgIpc) is 2.82.